The number of hydrogen-bond donors (Lipinski definition) is 1. The molecule has 2 unspecified atom stereocenters. The van der Waals surface area contributed by atoms with Crippen molar-refractivity contribution in [3.63, 3.8) is 0 Å². The fourth-order valence-electron chi connectivity index (χ4n) is 2.84. The van der Waals surface area contributed by atoms with Gasteiger partial charge in [-0.3, -0.25) is 0 Å². The maximum absolute atomic E-state index is 5.53. The number of nitrogens with one attached hydrogen (secondary N) is 1. The van der Waals surface area contributed by atoms with Gasteiger partial charge in [0.15, 0.2) is 5.82 Å². The van der Waals surface area contributed by atoms with Gasteiger partial charge in [0.2, 0.25) is 5.89 Å². The van der Waals surface area contributed by atoms with Crippen LogP contribution in [0, 0.1) is 0 Å². The Kier molecular flexibility index (Phi) is 5.98. The third-order valence-electron chi connectivity index (χ3n) is 4.01. The van der Waals surface area contributed by atoms with E-state index in [4.69, 9.17) is 4.52 Å². The van der Waals surface area contributed by atoms with E-state index >= 15 is 0 Å². The van der Waals surface area contributed by atoms with Gasteiger partial charge in [0.05, 0.1) is 5.92 Å². The van der Waals surface area contributed by atoms with Crippen LogP contribution in [0.3, 0.4) is 0 Å². The van der Waals surface area contributed by atoms with Crippen LogP contribution in [0.4, 0.5) is 0 Å². The first-order valence-corrected chi connectivity index (χ1v) is 7.91. The first kappa shape index (κ1) is 15.4. The number of nitrogens with zero attached hydrogens (tertiary/aromatic N) is 3. The highest BCUT2D eigenvalue weighted by Crippen LogP contribution is 2.32. The molecule has 2 atom stereocenters. The fourth-order valence-corrected chi connectivity index (χ4v) is 2.84. The molecule has 1 heterocycles. The van der Waals surface area contributed by atoms with Crippen molar-refractivity contribution in [2.45, 2.75) is 57.4 Å². The Morgan fingerprint density at radius 1 is 1.30 bits per heavy atom. The second-order valence-corrected chi connectivity index (χ2v) is 6.05. The normalized spacial score (nSPS) is 23.4. The molecule has 20 heavy (non-hydrogen) atoms. The van der Waals surface area contributed by atoms with Crippen LogP contribution in [0.1, 0.15) is 56.7 Å². The van der Waals surface area contributed by atoms with Gasteiger partial charge < -0.3 is 14.7 Å². The minimum absolute atomic E-state index is 0.399. The lowest BCUT2D eigenvalue weighted by Gasteiger charge is -2.29. The topological polar surface area (TPSA) is 54.2 Å². The summed E-state index contributed by atoms with van der Waals surface area (Å²) in [5.41, 5.74) is 0. The van der Waals surface area contributed by atoms with E-state index in [0.29, 0.717) is 12.0 Å². The van der Waals surface area contributed by atoms with Crippen LogP contribution in [0.5, 0.6) is 0 Å². The summed E-state index contributed by atoms with van der Waals surface area (Å²) in [5.74, 6) is 2.08. The van der Waals surface area contributed by atoms with Crippen molar-refractivity contribution < 1.29 is 4.52 Å². The molecule has 114 valence electrons. The van der Waals surface area contributed by atoms with Crippen LogP contribution in [0.15, 0.2) is 4.52 Å². The van der Waals surface area contributed by atoms with Gasteiger partial charge in [0, 0.05) is 19.0 Å². The molecule has 5 heteroatoms. The molecule has 0 aromatic carbocycles. The fraction of sp³-hybridized carbons (Fsp3) is 0.867. The first-order valence-electron chi connectivity index (χ1n) is 7.91. The van der Waals surface area contributed by atoms with E-state index in [9.17, 15) is 0 Å². The van der Waals surface area contributed by atoms with Crippen LogP contribution in [0.2, 0.25) is 0 Å². The van der Waals surface area contributed by atoms with Gasteiger partial charge in [0.1, 0.15) is 0 Å². The average molecular weight is 280 g/mol. The Morgan fingerprint density at radius 3 is 2.85 bits per heavy atom. The molecule has 1 aliphatic rings. The average Bonchev–Trinajstić information content (AvgIpc) is 2.92. The lowest BCUT2D eigenvalue weighted by molar-refractivity contribution is 0.262. The Morgan fingerprint density at radius 2 is 2.10 bits per heavy atom. The highest BCUT2D eigenvalue weighted by molar-refractivity contribution is 5.01. The molecule has 5 nitrogen and oxygen atoms in total. The molecule has 1 aromatic heterocycles. The second kappa shape index (κ2) is 7.74. The van der Waals surface area contributed by atoms with Crippen molar-refractivity contribution in [2.24, 2.45) is 0 Å². The molecule has 1 aromatic rings. The third kappa shape index (κ3) is 4.28. The Balaban J connectivity index is 1.96. The highest BCUT2D eigenvalue weighted by atomic mass is 16.5. The maximum Gasteiger partial charge on any atom is 0.231 e. The highest BCUT2D eigenvalue weighted by Gasteiger charge is 2.30. The van der Waals surface area contributed by atoms with Crippen molar-refractivity contribution in [1.82, 2.24) is 20.4 Å². The van der Waals surface area contributed by atoms with E-state index in [1.807, 2.05) is 0 Å². The Bertz CT molecular complexity index is 391. The molecule has 1 aliphatic carbocycles. The minimum Gasteiger partial charge on any atom is -0.339 e. The molecule has 2 rings (SSSR count). The van der Waals surface area contributed by atoms with Crippen LogP contribution in [-0.4, -0.2) is 48.3 Å². The molecule has 0 saturated heterocycles. The molecule has 0 amide bonds. The van der Waals surface area contributed by atoms with Crippen LogP contribution >= 0.6 is 0 Å². The van der Waals surface area contributed by atoms with E-state index in [2.05, 4.69) is 41.4 Å². The molecule has 0 spiro atoms. The molecular weight excluding hydrogens is 252 g/mol. The molecule has 0 bridgehead atoms. The number of aromatic nitrogens is 2. The zero-order valence-electron chi connectivity index (χ0n) is 13.1. The Hall–Kier alpha value is -0.940. The summed E-state index contributed by atoms with van der Waals surface area (Å²) in [6, 6.07) is 0.505. The summed E-state index contributed by atoms with van der Waals surface area (Å²) >= 11 is 0. The molecule has 0 aliphatic heterocycles. The Labute approximate surface area is 122 Å². The van der Waals surface area contributed by atoms with Crippen LogP contribution in [-0.2, 0) is 6.42 Å². The SMILES string of the molecule is CCCNC1CCCCC1c1nc(CCN(C)C)no1. The monoisotopic (exact) mass is 280 g/mol. The van der Waals surface area contributed by atoms with Crippen molar-refractivity contribution in [3.8, 4) is 0 Å². The third-order valence-corrected chi connectivity index (χ3v) is 4.01. The summed E-state index contributed by atoms with van der Waals surface area (Å²) in [4.78, 5) is 6.76. The number of likely N-dealkylation sites (N-methyl/N-ethyl adjacent to an activating group) is 1. The van der Waals surface area contributed by atoms with Crippen molar-refractivity contribution >= 4 is 0 Å². The van der Waals surface area contributed by atoms with Crippen molar-refractivity contribution in [3.05, 3.63) is 11.7 Å². The van der Waals surface area contributed by atoms with Gasteiger partial charge in [-0.1, -0.05) is 24.9 Å². The van der Waals surface area contributed by atoms with Gasteiger partial charge in [0.25, 0.3) is 0 Å². The molecule has 1 fully saturated rings. The maximum atomic E-state index is 5.53. The summed E-state index contributed by atoms with van der Waals surface area (Å²) in [6.45, 7) is 4.24. The zero-order chi connectivity index (χ0) is 14.4. The predicted octanol–water partition coefficient (Wildman–Crippen LogP) is 2.20. The van der Waals surface area contributed by atoms with Crippen LogP contribution < -0.4 is 5.32 Å². The number of hydrogen-bond acceptors (Lipinski definition) is 5. The van der Waals surface area contributed by atoms with E-state index in [-0.39, 0.29) is 0 Å². The van der Waals surface area contributed by atoms with Gasteiger partial charge in [-0.15, -0.1) is 0 Å². The van der Waals surface area contributed by atoms with E-state index < -0.39 is 0 Å². The summed E-state index contributed by atoms with van der Waals surface area (Å²) in [6.07, 6.45) is 6.98. The van der Waals surface area contributed by atoms with Gasteiger partial charge in [-0.2, -0.15) is 4.98 Å². The number of rotatable bonds is 7. The second-order valence-electron chi connectivity index (χ2n) is 6.05. The largest absolute Gasteiger partial charge is 0.339 e. The summed E-state index contributed by atoms with van der Waals surface area (Å²) in [5, 5.41) is 7.78. The minimum atomic E-state index is 0.399. The summed E-state index contributed by atoms with van der Waals surface area (Å²) in [7, 11) is 4.12. The molecule has 0 radical (unpaired) electrons. The lowest BCUT2D eigenvalue weighted by atomic mass is 9.84. The van der Waals surface area contributed by atoms with Gasteiger partial charge in [-0.05, 0) is 39.9 Å². The summed E-state index contributed by atoms with van der Waals surface area (Å²) < 4.78 is 5.53. The standard InChI is InChI=1S/C15H28N4O/c1-4-10-16-13-8-6-5-7-12(13)15-17-14(18-20-15)9-11-19(2)3/h12-13,16H,4-11H2,1-3H3. The van der Waals surface area contributed by atoms with Gasteiger partial charge in [-0.25, -0.2) is 0 Å². The first-order chi connectivity index (χ1) is 9.70. The zero-order valence-corrected chi connectivity index (χ0v) is 13.1. The van der Waals surface area contributed by atoms with Crippen LogP contribution in [0.25, 0.3) is 0 Å². The smallest absolute Gasteiger partial charge is 0.231 e. The van der Waals surface area contributed by atoms with Crippen molar-refractivity contribution in [1.29, 1.82) is 0 Å². The quantitative estimate of drug-likeness (QED) is 0.830. The lowest BCUT2D eigenvalue weighted by Crippen LogP contribution is -2.37. The van der Waals surface area contributed by atoms with Gasteiger partial charge >= 0.3 is 0 Å². The van der Waals surface area contributed by atoms with E-state index in [1.54, 1.807) is 0 Å². The molecule has 1 N–H and O–H groups in total. The van der Waals surface area contributed by atoms with E-state index in [0.717, 1.165) is 37.6 Å². The predicted molar refractivity (Wildman–Crippen MR) is 79.8 cm³/mol. The molecule has 1 saturated carbocycles. The van der Waals surface area contributed by atoms with E-state index in [1.165, 1.54) is 25.7 Å². The molecular formula is C15H28N4O. The van der Waals surface area contributed by atoms with Crippen molar-refractivity contribution in [2.75, 3.05) is 27.2 Å².